The Morgan fingerprint density at radius 3 is 2.79 bits per heavy atom. The third-order valence-corrected chi connectivity index (χ3v) is 3.83. The van der Waals surface area contributed by atoms with Crippen molar-refractivity contribution in [3.05, 3.63) is 53.7 Å². The zero-order chi connectivity index (χ0) is 13.0. The van der Waals surface area contributed by atoms with Gasteiger partial charge < -0.3 is 4.57 Å². The lowest BCUT2D eigenvalue weighted by atomic mass is 10.0. The highest BCUT2D eigenvalue weighted by molar-refractivity contribution is 6.31. The van der Waals surface area contributed by atoms with Gasteiger partial charge in [-0.15, -0.1) is 0 Å². The summed E-state index contributed by atoms with van der Waals surface area (Å²) in [7, 11) is 2.05. The molecule has 2 aliphatic rings. The Balaban J connectivity index is 2.32. The van der Waals surface area contributed by atoms with E-state index >= 15 is 0 Å². The second kappa shape index (κ2) is 3.72. The predicted octanol–water partition coefficient (Wildman–Crippen LogP) is 4.48. The van der Waals surface area contributed by atoms with E-state index in [4.69, 9.17) is 11.6 Å². The minimum atomic E-state index is 0.749. The van der Waals surface area contributed by atoms with Crippen molar-refractivity contribution >= 4 is 33.4 Å². The molecule has 2 nitrogen and oxygen atoms in total. The van der Waals surface area contributed by atoms with Crippen molar-refractivity contribution in [2.75, 3.05) is 0 Å². The highest BCUT2D eigenvalue weighted by Crippen LogP contribution is 2.37. The second-order valence-electron chi connectivity index (χ2n) is 4.79. The molecule has 92 valence electrons. The number of halogens is 1. The van der Waals surface area contributed by atoms with Crippen molar-refractivity contribution in [3.63, 3.8) is 0 Å². The summed E-state index contributed by atoms with van der Waals surface area (Å²) in [6.07, 6.45) is 2.07. The van der Waals surface area contributed by atoms with E-state index < -0.39 is 0 Å². The average Bonchev–Trinajstić information content (AvgIpc) is 2.76. The fourth-order valence-corrected chi connectivity index (χ4v) is 2.92. The number of aromatic nitrogens is 2. The molecule has 0 radical (unpaired) electrons. The quantitative estimate of drug-likeness (QED) is 0.459. The van der Waals surface area contributed by atoms with Crippen LogP contribution in [0.15, 0.2) is 48.7 Å². The fourth-order valence-electron chi connectivity index (χ4n) is 2.75. The normalized spacial score (nSPS) is 11.7. The van der Waals surface area contributed by atoms with Gasteiger partial charge in [-0.05, 0) is 24.3 Å². The third kappa shape index (κ3) is 1.47. The van der Waals surface area contributed by atoms with Crippen LogP contribution in [0.25, 0.3) is 33.1 Å². The molecular weight excluding hydrogens is 256 g/mol. The van der Waals surface area contributed by atoms with Crippen molar-refractivity contribution < 1.29 is 0 Å². The van der Waals surface area contributed by atoms with E-state index in [2.05, 4.69) is 40.0 Å². The molecule has 0 atom stereocenters. The Hall–Kier alpha value is -2.06. The molecule has 0 aliphatic carbocycles. The summed E-state index contributed by atoms with van der Waals surface area (Å²) in [5.74, 6) is 0. The molecule has 0 spiro atoms. The van der Waals surface area contributed by atoms with Crippen LogP contribution in [0.2, 0.25) is 5.02 Å². The van der Waals surface area contributed by atoms with Crippen molar-refractivity contribution in [2.24, 2.45) is 7.05 Å². The summed E-state index contributed by atoms with van der Waals surface area (Å²) in [5, 5.41) is 3.09. The summed E-state index contributed by atoms with van der Waals surface area (Å²) in [6.45, 7) is 0. The molecule has 0 bridgehead atoms. The van der Waals surface area contributed by atoms with Crippen LogP contribution in [0.4, 0.5) is 0 Å². The maximum absolute atomic E-state index is 6.13. The van der Waals surface area contributed by atoms with Crippen molar-refractivity contribution in [3.8, 4) is 11.3 Å². The SMILES string of the molecule is Cn1cc2nc3ccc(Cl)cc3c-2c2ccccc21. The van der Waals surface area contributed by atoms with Gasteiger partial charge in [-0.1, -0.05) is 29.8 Å². The van der Waals surface area contributed by atoms with Crippen LogP contribution in [-0.2, 0) is 7.05 Å². The highest BCUT2D eigenvalue weighted by atomic mass is 35.5. The number of aryl methyl sites for hydroxylation is 1. The van der Waals surface area contributed by atoms with Gasteiger partial charge in [0, 0.05) is 40.1 Å². The molecule has 0 saturated heterocycles. The first kappa shape index (κ1) is 10.8. The van der Waals surface area contributed by atoms with E-state index in [0.29, 0.717) is 0 Å². The zero-order valence-electron chi connectivity index (χ0n) is 10.4. The largest absolute Gasteiger partial charge is 0.348 e. The van der Waals surface area contributed by atoms with E-state index in [1.165, 1.54) is 16.5 Å². The lowest BCUT2D eigenvalue weighted by Gasteiger charge is -2.10. The minimum absolute atomic E-state index is 0.749. The number of pyridine rings is 1. The lowest BCUT2D eigenvalue weighted by molar-refractivity contribution is 0.951. The van der Waals surface area contributed by atoms with E-state index in [1.807, 2.05) is 25.2 Å². The lowest BCUT2D eigenvalue weighted by Crippen LogP contribution is -1.95. The molecule has 0 unspecified atom stereocenters. The van der Waals surface area contributed by atoms with Gasteiger partial charge in [-0.25, -0.2) is 4.98 Å². The average molecular weight is 267 g/mol. The Labute approximate surface area is 115 Å². The summed E-state index contributed by atoms with van der Waals surface area (Å²) in [5.41, 5.74) is 4.39. The molecule has 0 saturated carbocycles. The summed E-state index contributed by atoms with van der Waals surface area (Å²) < 4.78 is 2.12. The molecule has 2 aliphatic heterocycles. The van der Waals surface area contributed by atoms with Crippen LogP contribution in [0.3, 0.4) is 0 Å². The second-order valence-corrected chi connectivity index (χ2v) is 5.23. The minimum Gasteiger partial charge on any atom is -0.348 e. The van der Waals surface area contributed by atoms with Crippen LogP contribution < -0.4 is 0 Å². The maximum atomic E-state index is 6.13. The Bertz CT molecular complexity index is 892. The first-order valence-corrected chi connectivity index (χ1v) is 6.55. The van der Waals surface area contributed by atoms with Crippen LogP contribution in [0.5, 0.6) is 0 Å². The summed E-state index contributed by atoms with van der Waals surface area (Å²) >= 11 is 6.13. The number of fused-ring (bicyclic) bond motifs is 5. The van der Waals surface area contributed by atoms with Gasteiger partial charge in [0.05, 0.1) is 11.2 Å². The van der Waals surface area contributed by atoms with Gasteiger partial charge in [0.15, 0.2) is 0 Å². The number of hydrogen-bond acceptors (Lipinski definition) is 1. The van der Waals surface area contributed by atoms with E-state index in [9.17, 15) is 0 Å². The molecular formula is C16H11ClN2. The molecule has 0 fully saturated rings. The van der Waals surface area contributed by atoms with Gasteiger partial charge in [-0.2, -0.15) is 0 Å². The number of hydrogen-bond donors (Lipinski definition) is 0. The molecule has 4 rings (SSSR count). The highest BCUT2D eigenvalue weighted by Gasteiger charge is 2.16. The van der Waals surface area contributed by atoms with Crippen LogP contribution in [-0.4, -0.2) is 9.55 Å². The van der Waals surface area contributed by atoms with E-state index in [1.54, 1.807) is 0 Å². The fraction of sp³-hybridized carbons (Fsp3) is 0.0625. The topological polar surface area (TPSA) is 17.8 Å². The van der Waals surface area contributed by atoms with Gasteiger partial charge in [0.25, 0.3) is 0 Å². The van der Waals surface area contributed by atoms with Crippen LogP contribution >= 0.6 is 11.6 Å². The van der Waals surface area contributed by atoms with Crippen molar-refractivity contribution in [1.29, 1.82) is 0 Å². The first-order chi connectivity index (χ1) is 9.24. The smallest absolute Gasteiger partial charge is 0.0885 e. The van der Waals surface area contributed by atoms with Gasteiger partial charge in [0.2, 0.25) is 0 Å². The zero-order valence-corrected chi connectivity index (χ0v) is 11.1. The van der Waals surface area contributed by atoms with Gasteiger partial charge >= 0.3 is 0 Å². The standard InChI is InChI=1S/C16H11ClN2/c1-19-9-14-16(11-4-2-3-5-15(11)19)12-8-10(17)6-7-13(12)18-14/h2-9H,1H3. The van der Waals surface area contributed by atoms with Crippen LogP contribution in [0, 0.1) is 0 Å². The molecule has 0 amide bonds. The Kier molecular flexibility index (Phi) is 2.12. The van der Waals surface area contributed by atoms with Crippen molar-refractivity contribution in [1.82, 2.24) is 9.55 Å². The Morgan fingerprint density at radius 2 is 1.89 bits per heavy atom. The number of nitrogens with zero attached hydrogens (tertiary/aromatic N) is 2. The number of para-hydroxylation sites is 1. The van der Waals surface area contributed by atoms with Gasteiger partial charge in [0.1, 0.15) is 0 Å². The Morgan fingerprint density at radius 1 is 1.05 bits per heavy atom. The van der Waals surface area contributed by atoms with Crippen molar-refractivity contribution in [2.45, 2.75) is 0 Å². The number of rotatable bonds is 0. The summed E-state index contributed by atoms with van der Waals surface area (Å²) in [4.78, 5) is 4.69. The van der Waals surface area contributed by atoms with Crippen LogP contribution in [0.1, 0.15) is 0 Å². The summed E-state index contributed by atoms with van der Waals surface area (Å²) in [6, 6.07) is 14.2. The number of benzene rings is 2. The third-order valence-electron chi connectivity index (χ3n) is 3.59. The predicted molar refractivity (Wildman–Crippen MR) is 79.9 cm³/mol. The molecule has 2 aromatic rings. The van der Waals surface area contributed by atoms with E-state index in [-0.39, 0.29) is 0 Å². The first-order valence-electron chi connectivity index (χ1n) is 6.17. The molecule has 2 aromatic carbocycles. The molecule has 19 heavy (non-hydrogen) atoms. The molecule has 3 heteroatoms. The molecule has 0 aromatic heterocycles. The monoisotopic (exact) mass is 266 g/mol. The van der Waals surface area contributed by atoms with E-state index in [0.717, 1.165) is 21.6 Å². The molecule has 2 heterocycles. The molecule has 0 N–H and O–H groups in total. The van der Waals surface area contributed by atoms with Gasteiger partial charge in [-0.3, -0.25) is 0 Å². The maximum Gasteiger partial charge on any atom is 0.0885 e.